The summed E-state index contributed by atoms with van der Waals surface area (Å²) in [5, 5.41) is 9.12. The largest absolute Gasteiger partial charge is 0.480 e. The number of carboxylic acids is 1. The van der Waals surface area contributed by atoms with Crippen LogP contribution in [0.2, 0.25) is 0 Å². The van der Waals surface area contributed by atoms with E-state index in [1.807, 2.05) is 19.1 Å². The number of rotatable bonds is 5. The summed E-state index contributed by atoms with van der Waals surface area (Å²) in [4.78, 5) is 25.3. The lowest BCUT2D eigenvalue weighted by Gasteiger charge is -2.30. The van der Waals surface area contributed by atoms with Crippen LogP contribution in [0.25, 0.3) is 0 Å². The van der Waals surface area contributed by atoms with Gasteiger partial charge in [-0.05, 0) is 51.7 Å². The summed E-state index contributed by atoms with van der Waals surface area (Å²) in [5.74, 6) is -1.61. The lowest BCUT2D eigenvalue weighted by Crippen LogP contribution is -2.50. The maximum Gasteiger partial charge on any atom is 0.326 e. The molecule has 8 heteroatoms. The fraction of sp³-hybridized carbons (Fsp3) is 0.556. The van der Waals surface area contributed by atoms with Gasteiger partial charge in [-0.3, -0.25) is 4.79 Å². The van der Waals surface area contributed by atoms with E-state index in [0.29, 0.717) is 24.0 Å². The molecule has 1 amide bonds. The van der Waals surface area contributed by atoms with Crippen LogP contribution >= 0.6 is 0 Å². The molecule has 1 fully saturated rings. The second-order valence-corrected chi connectivity index (χ2v) is 8.79. The molecule has 1 heterocycles. The Kier molecular flexibility index (Phi) is 5.77. The van der Waals surface area contributed by atoms with E-state index in [0.717, 1.165) is 10.5 Å². The smallest absolute Gasteiger partial charge is 0.326 e. The third kappa shape index (κ3) is 3.61. The number of carbonyl (C=O) groups excluding carboxylic acids is 1. The van der Waals surface area contributed by atoms with Crippen molar-refractivity contribution in [2.75, 3.05) is 13.6 Å². The van der Waals surface area contributed by atoms with Crippen molar-refractivity contribution < 1.29 is 23.1 Å². The molecule has 0 aliphatic carbocycles. The minimum Gasteiger partial charge on any atom is -0.480 e. The molecule has 1 aliphatic heterocycles. The fourth-order valence-electron chi connectivity index (χ4n) is 3.56. The predicted octanol–water partition coefficient (Wildman–Crippen LogP) is 1.70. The first kappa shape index (κ1) is 20.4. The minimum absolute atomic E-state index is 0.233. The van der Waals surface area contributed by atoms with E-state index in [9.17, 15) is 18.0 Å². The molecule has 0 spiro atoms. The van der Waals surface area contributed by atoms with Crippen LogP contribution in [-0.2, 0) is 19.6 Å². The summed E-state index contributed by atoms with van der Waals surface area (Å²) in [5.41, 5.74) is 2.27. The molecule has 1 aromatic carbocycles. The van der Waals surface area contributed by atoms with E-state index >= 15 is 0 Å². The van der Waals surface area contributed by atoms with Crippen LogP contribution < -0.4 is 0 Å². The quantitative estimate of drug-likeness (QED) is 0.836. The lowest BCUT2D eigenvalue weighted by atomic mass is 10.1. The van der Waals surface area contributed by atoms with Gasteiger partial charge in [-0.1, -0.05) is 17.7 Å². The number of hydrogen-bond donors (Lipinski definition) is 1. The second-order valence-electron chi connectivity index (χ2n) is 6.96. The Morgan fingerprint density at radius 2 is 1.77 bits per heavy atom. The van der Waals surface area contributed by atoms with Gasteiger partial charge in [0.05, 0.1) is 4.90 Å². The highest BCUT2D eigenvalue weighted by atomic mass is 32.2. The Balaban J connectivity index is 2.41. The van der Waals surface area contributed by atoms with Crippen molar-refractivity contribution in [1.29, 1.82) is 0 Å². The monoisotopic (exact) mass is 382 g/mol. The first-order chi connectivity index (χ1) is 12.0. The van der Waals surface area contributed by atoms with Crippen molar-refractivity contribution in [3.63, 3.8) is 0 Å². The van der Waals surface area contributed by atoms with Crippen LogP contribution in [-0.4, -0.2) is 60.3 Å². The van der Waals surface area contributed by atoms with Crippen molar-refractivity contribution in [1.82, 2.24) is 9.21 Å². The van der Waals surface area contributed by atoms with Crippen LogP contribution in [0.5, 0.6) is 0 Å². The second kappa shape index (κ2) is 7.36. The lowest BCUT2D eigenvalue weighted by molar-refractivity contribution is -0.149. The van der Waals surface area contributed by atoms with Gasteiger partial charge >= 0.3 is 5.97 Å². The fourth-order valence-corrected chi connectivity index (χ4v) is 5.62. The zero-order valence-electron chi connectivity index (χ0n) is 15.8. The number of aryl methyl sites for hydroxylation is 3. The average Bonchev–Trinajstić information content (AvgIpc) is 3.01. The van der Waals surface area contributed by atoms with Gasteiger partial charge in [0.25, 0.3) is 0 Å². The van der Waals surface area contributed by atoms with E-state index < -0.39 is 34.0 Å². The van der Waals surface area contributed by atoms with Crippen molar-refractivity contribution in [3.05, 3.63) is 28.8 Å². The third-order valence-electron chi connectivity index (χ3n) is 4.95. The first-order valence-electron chi connectivity index (χ1n) is 8.57. The summed E-state index contributed by atoms with van der Waals surface area (Å²) in [6.07, 6.45) is 0.952. The average molecular weight is 382 g/mol. The molecule has 144 valence electrons. The number of carbonyl (C=O) groups is 2. The number of aliphatic carboxylic acids is 1. The number of carboxylic acid groups (broad SMARTS) is 1. The Bertz CT molecular complexity index is 811. The molecule has 1 saturated heterocycles. The highest BCUT2D eigenvalue weighted by Gasteiger charge is 2.42. The molecule has 1 aliphatic rings. The SMILES string of the molecule is Cc1cc(C)c(S(=O)(=O)N2CCCC2C(=O)N(C)C(C)C(=O)O)c(C)c1. The number of benzene rings is 1. The van der Waals surface area contributed by atoms with E-state index in [1.54, 1.807) is 13.8 Å². The van der Waals surface area contributed by atoms with Crippen molar-refractivity contribution in [2.24, 2.45) is 0 Å². The maximum atomic E-state index is 13.3. The molecule has 0 radical (unpaired) electrons. The summed E-state index contributed by atoms with van der Waals surface area (Å²) in [7, 11) is -2.46. The van der Waals surface area contributed by atoms with Crippen molar-refractivity contribution in [3.8, 4) is 0 Å². The van der Waals surface area contributed by atoms with E-state index in [1.165, 1.54) is 18.3 Å². The number of likely N-dealkylation sites (N-methyl/N-ethyl adjacent to an activating group) is 1. The molecular formula is C18H26N2O5S. The van der Waals surface area contributed by atoms with Gasteiger partial charge < -0.3 is 10.0 Å². The Labute approximate surface area is 154 Å². The first-order valence-corrected chi connectivity index (χ1v) is 10.0. The summed E-state index contributed by atoms with van der Waals surface area (Å²) in [6.45, 7) is 7.06. The topological polar surface area (TPSA) is 95.0 Å². The van der Waals surface area contributed by atoms with E-state index in [-0.39, 0.29) is 11.4 Å². The molecule has 1 aromatic rings. The van der Waals surface area contributed by atoms with Crippen LogP contribution in [0, 0.1) is 20.8 Å². The van der Waals surface area contributed by atoms with Gasteiger partial charge in [0.2, 0.25) is 15.9 Å². The molecule has 26 heavy (non-hydrogen) atoms. The van der Waals surface area contributed by atoms with Gasteiger partial charge in [-0.2, -0.15) is 4.31 Å². The molecule has 1 N–H and O–H groups in total. The van der Waals surface area contributed by atoms with Crippen LogP contribution in [0.15, 0.2) is 17.0 Å². The number of hydrogen-bond acceptors (Lipinski definition) is 4. The van der Waals surface area contributed by atoms with Gasteiger partial charge in [-0.25, -0.2) is 13.2 Å². The van der Waals surface area contributed by atoms with E-state index in [2.05, 4.69) is 0 Å². The molecule has 7 nitrogen and oxygen atoms in total. The maximum absolute atomic E-state index is 13.3. The highest BCUT2D eigenvalue weighted by molar-refractivity contribution is 7.89. The summed E-state index contributed by atoms with van der Waals surface area (Å²) >= 11 is 0. The van der Waals surface area contributed by atoms with Crippen LogP contribution in [0.3, 0.4) is 0 Å². The zero-order valence-corrected chi connectivity index (χ0v) is 16.6. The predicted molar refractivity (Wildman–Crippen MR) is 97.4 cm³/mol. The van der Waals surface area contributed by atoms with Gasteiger partial charge in [0.15, 0.2) is 0 Å². The standard InChI is InChI=1S/C18H26N2O5S/c1-11-9-12(2)16(13(3)10-11)26(24,25)20-8-6-7-15(20)17(21)19(5)14(4)18(22)23/h9-10,14-15H,6-8H2,1-5H3,(H,22,23). The van der Waals surface area contributed by atoms with Crippen LogP contribution in [0.1, 0.15) is 36.5 Å². The summed E-state index contributed by atoms with van der Waals surface area (Å²) in [6, 6.07) is 1.74. The third-order valence-corrected chi connectivity index (χ3v) is 7.16. The van der Waals surface area contributed by atoms with Crippen molar-refractivity contribution in [2.45, 2.75) is 57.5 Å². The molecule has 2 unspecified atom stereocenters. The van der Waals surface area contributed by atoms with E-state index in [4.69, 9.17) is 5.11 Å². The number of sulfonamides is 1. The molecule has 2 atom stereocenters. The molecule has 0 saturated carbocycles. The van der Waals surface area contributed by atoms with Crippen LogP contribution in [0.4, 0.5) is 0 Å². The molecule has 0 aromatic heterocycles. The normalized spacial score (nSPS) is 19.3. The highest BCUT2D eigenvalue weighted by Crippen LogP contribution is 2.31. The minimum atomic E-state index is -3.85. The zero-order chi connectivity index (χ0) is 19.8. The van der Waals surface area contributed by atoms with Gasteiger partial charge in [-0.15, -0.1) is 0 Å². The van der Waals surface area contributed by atoms with Gasteiger partial charge in [0.1, 0.15) is 12.1 Å². The Hall–Kier alpha value is -1.93. The Morgan fingerprint density at radius 1 is 1.23 bits per heavy atom. The number of amides is 1. The number of nitrogens with zero attached hydrogens (tertiary/aromatic N) is 2. The summed E-state index contributed by atoms with van der Waals surface area (Å²) < 4.78 is 27.8. The molecular weight excluding hydrogens is 356 g/mol. The molecule has 0 bridgehead atoms. The molecule has 2 rings (SSSR count). The van der Waals surface area contributed by atoms with Gasteiger partial charge in [0, 0.05) is 13.6 Å². The van der Waals surface area contributed by atoms with Crippen molar-refractivity contribution >= 4 is 21.9 Å². The Morgan fingerprint density at radius 3 is 2.27 bits per heavy atom.